The van der Waals surface area contributed by atoms with E-state index in [-0.39, 0.29) is 47.0 Å². The molecule has 2 aliphatic heterocycles. The molecule has 232 valence electrons. The van der Waals surface area contributed by atoms with Gasteiger partial charge in [-0.2, -0.15) is 0 Å². The van der Waals surface area contributed by atoms with Crippen molar-refractivity contribution in [2.45, 2.75) is 97.7 Å². The maximum absolute atomic E-state index is 14.5. The van der Waals surface area contributed by atoms with Crippen molar-refractivity contribution < 1.29 is 19.2 Å². The fraction of sp³-hybridized carbons (Fsp3) is 0.697. The summed E-state index contributed by atoms with van der Waals surface area (Å²) in [5.74, 6) is -0.969. The Morgan fingerprint density at radius 3 is 2.05 bits per heavy atom. The summed E-state index contributed by atoms with van der Waals surface area (Å²) in [5, 5.41) is 0.608. The molecule has 0 radical (unpaired) electrons. The van der Waals surface area contributed by atoms with Gasteiger partial charge in [-0.15, -0.1) is 0 Å². The highest BCUT2D eigenvalue weighted by molar-refractivity contribution is 6.30. The van der Waals surface area contributed by atoms with E-state index in [1.165, 1.54) is 6.92 Å². The number of likely N-dealkylation sites (N-methyl/N-ethyl adjacent to an activating group) is 1. The zero-order chi connectivity index (χ0) is 31.1. The van der Waals surface area contributed by atoms with Crippen molar-refractivity contribution in [1.29, 1.82) is 0 Å². The van der Waals surface area contributed by atoms with E-state index >= 15 is 0 Å². The fourth-order valence-electron chi connectivity index (χ4n) is 7.04. The van der Waals surface area contributed by atoms with E-state index in [0.717, 1.165) is 31.2 Å². The molecule has 0 N–H and O–H groups in total. The summed E-state index contributed by atoms with van der Waals surface area (Å²) in [6.45, 7) is 13.0. The van der Waals surface area contributed by atoms with Crippen molar-refractivity contribution in [2.75, 3.05) is 33.7 Å². The second-order valence-electron chi connectivity index (χ2n) is 14.7. The summed E-state index contributed by atoms with van der Waals surface area (Å²) in [6.07, 6.45) is 4.32. The first-order chi connectivity index (χ1) is 19.5. The van der Waals surface area contributed by atoms with Crippen LogP contribution >= 0.6 is 11.6 Å². The van der Waals surface area contributed by atoms with Crippen molar-refractivity contribution in [1.82, 2.24) is 19.6 Å². The molecular formula is C33H49ClN4O4. The molecule has 1 aromatic carbocycles. The maximum atomic E-state index is 14.5. The van der Waals surface area contributed by atoms with E-state index in [2.05, 4.69) is 13.8 Å². The molecule has 1 unspecified atom stereocenters. The van der Waals surface area contributed by atoms with Crippen molar-refractivity contribution >= 4 is 35.2 Å². The SMILES string of the molecule is CC(=O)N1C[C@@H](C(=O)N2CC(N(C(=O)C(C)(C)C)C3CCC(C)(C)CC3)C[C@H]2C(=O)N(C)C)[C@H](c2ccc(Cl)cc2)C1. The zero-order valence-corrected chi connectivity index (χ0v) is 27.4. The van der Waals surface area contributed by atoms with Crippen LogP contribution in [0, 0.1) is 16.7 Å². The van der Waals surface area contributed by atoms with E-state index < -0.39 is 17.4 Å². The lowest BCUT2D eigenvalue weighted by Crippen LogP contribution is -2.54. The summed E-state index contributed by atoms with van der Waals surface area (Å²) in [7, 11) is 3.42. The number of carbonyl (C=O) groups excluding carboxylic acids is 4. The molecule has 1 aromatic rings. The van der Waals surface area contributed by atoms with E-state index in [0.29, 0.717) is 31.1 Å². The van der Waals surface area contributed by atoms with Gasteiger partial charge in [-0.25, -0.2) is 0 Å². The van der Waals surface area contributed by atoms with Gasteiger partial charge in [0.2, 0.25) is 23.6 Å². The monoisotopic (exact) mass is 600 g/mol. The number of benzene rings is 1. The average molecular weight is 601 g/mol. The number of likely N-dealkylation sites (tertiary alicyclic amines) is 2. The Morgan fingerprint density at radius 2 is 1.52 bits per heavy atom. The van der Waals surface area contributed by atoms with Gasteiger partial charge in [0.1, 0.15) is 6.04 Å². The number of hydrogen-bond donors (Lipinski definition) is 0. The van der Waals surface area contributed by atoms with Crippen LogP contribution in [0.4, 0.5) is 0 Å². The number of amides is 4. The molecule has 2 heterocycles. The Kier molecular flexibility index (Phi) is 9.37. The highest BCUT2D eigenvalue weighted by Gasteiger charge is 2.50. The van der Waals surface area contributed by atoms with E-state index in [1.54, 1.807) is 40.9 Å². The lowest BCUT2D eigenvalue weighted by atomic mass is 9.74. The van der Waals surface area contributed by atoms with E-state index in [4.69, 9.17) is 11.6 Å². The van der Waals surface area contributed by atoms with Crippen LogP contribution in [-0.2, 0) is 19.2 Å². The third kappa shape index (κ3) is 6.79. The van der Waals surface area contributed by atoms with Crippen LogP contribution in [-0.4, -0.2) is 95.1 Å². The first kappa shape index (κ1) is 32.3. The molecule has 3 fully saturated rings. The van der Waals surface area contributed by atoms with Crippen LogP contribution < -0.4 is 0 Å². The van der Waals surface area contributed by atoms with Gasteiger partial charge in [0.05, 0.1) is 12.0 Å². The van der Waals surface area contributed by atoms with Crippen LogP contribution in [0.2, 0.25) is 5.02 Å². The Hall–Kier alpha value is -2.61. The number of nitrogens with zero attached hydrogens (tertiary/aromatic N) is 4. The molecule has 4 atom stereocenters. The van der Waals surface area contributed by atoms with Gasteiger partial charge in [-0.3, -0.25) is 19.2 Å². The Balaban J connectivity index is 1.68. The second kappa shape index (κ2) is 12.2. The first-order valence-electron chi connectivity index (χ1n) is 15.4. The zero-order valence-electron chi connectivity index (χ0n) is 26.7. The molecule has 8 nitrogen and oxygen atoms in total. The lowest BCUT2D eigenvalue weighted by molar-refractivity contribution is -0.147. The third-order valence-corrected chi connectivity index (χ3v) is 9.89. The summed E-state index contributed by atoms with van der Waals surface area (Å²) >= 11 is 6.15. The largest absolute Gasteiger partial charge is 0.347 e. The molecule has 4 rings (SSSR count). The van der Waals surface area contributed by atoms with Crippen molar-refractivity contribution in [3.05, 3.63) is 34.9 Å². The smallest absolute Gasteiger partial charge is 0.244 e. The van der Waals surface area contributed by atoms with Crippen molar-refractivity contribution in [3.63, 3.8) is 0 Å². The predicted molar refractivity (Wildman–Crippen MR) is 165 cm³/mol. The highest BCUT2D eigenvalue weighted by Crippen LogP contribution is 2.41. The predicted octanol–water partition coefficient (Wildman–Crippen LogP) is 4.80. The van der Waals surface area contributed by atoms with Crippen molar-refractivity contribution in [3.8, 4) is 0 Å². The van der Waals surface area contributed by atoms with Crippen LogP contribution in [0.25, 0.3) is 0 Å². The van der Waals surface area contributed by atoms with Gasteiger partial charge in [-0.1, -0.05) is 58.4 Å². The molecule has 0 aromatic heterocycles. The Bertz CT molecular complexity index is 1180. The maximum Gasteiger partial charge on any atom is 0.244 e. The third-order valence-electron chi connectivity index (χ3n) is 9.64. The van der Waals surface area contributed by atoms with Crippen LogP contribution in [0.15, 0.2) is 24.3 Å². The minimum absolute atomic E-state index is 0.0743. The highest BCUT2D eigenvalue weighted by atomic mass is 35.5. The van der Waals surface area contributed by atoms with Crippen LogP contribution in [0.5, 0.6) is 0 Å². The van der Waals surface area contributed by atoms with Gasteiger partial charge in [0, 0.05) is 63.1 Å². The number of rotatable bonds is 5. The lowest BCUT2D eigenvalue weighted by Gasteiger charge is -2.45. The van der Waals surface area contributed by atoms with Gasteiger partial charge in [-0.05, 0) is 55.2 Å². The molecule has 1 aliphatic carbocycles. The normalized spacial score (nSPS) is 26.3. The minimum Gasteiger partial charge on any atom is -0.347 e. The van der Waals surface area contributed by atoms with Gasteiger partial charge >= 0.3 is 0 Å². The molecule has 0 bridgehead atoms. The van der Waals surface area contributed by atoms with E-state index in [1.807, 2.05) is 37.8 Å². The average Bonchev–Trinajstić information content (AvgIpc) is 3.54. The number of carbonyl (C=O) groups is 4. The molecule has 42 heavy (non-hydrogen) atoms. The Morgan fingerprint density at radius 1 is 0.929 bits per heavy atom. The fourth-order valence-corrected chi connectivity index (χ4v) is 7.17. The topological polar surface area (TPSA) is 81.2 Å². The second-order valence-corrected chi connectivity index (χ2v) is 15.1. The standard InChI is InChI=1S/C33H49ClN4O4/c1-21(39)36-19-26(22-9-11-23(34)12-10-22)27(20-36)29(40)37-18-25(17-28(37)30(41)35(7)8)38(31(42)32(2,3)4)24-13-15-33(5,6)16-14-24/h9-12,24-28H,13-20H2,1-8H3/t25?,26-,27+,28-/m0/s1. The molecular weight excluding hydrogens is 552 g/mol. The first-order valence-corrected chi connectivity index (χ1v) is 15.7. The van der Waals surface area contributed by atoms with Crippen LogP contribution in [0.3, 0.4) is 0 Å². The summed E-state index contributed by atoms with van der Waals surface area (Å²) < 4.78 is 0. The molecule has 3 aliphatic rings. The van der Waals surface area contributed by atoms with Crippen LogP contribution in [0.1, 0.15) is 85.1 Å². The molecule has 4 amide bonds. The number of hydrogen-bond acceptors (Lipinski definition) is 4. The molecule has 1 saturated carbocycles. The summed E-state index contributed by atoms with van der Waals surface area (Å²) in [6, 6.07) is 6.62. The molecule has 0 spiro atoms. The molecule has 2 saturated heterocycles. The van der Waals surface area contributed by atoms with Gasteiger partial charge in [0.25, 0.3) is 0 Å². The Labute approximate surface area is 256 Å². The van der Waals surface area contributed by atoms with Gasteiger partial charge < -0.3 is 19.6 Å². The molecule has 9 heteroatoms. The quantitative estimate of drug-likeness (QED) is 0.486. The van der Waals surface area contributed by atoms with Gasteiger partial charge in [0.15, 0.2) is 0 Å². The minimum atomic E-state index is -0.662. The van der Waals surface area contributed by atoms with Crippen molar-refractivity contribution in [2.24, 2.45) is 16.7 Å². The summed E-state index contributed by atoms with van der Waals surface area (Å²) in [5.41, 5.74) is 0.607. The van der Waals surface area contributed by atoms with E-state index in [9.17, 15) is 19.2 Å². The number of halogens is 1. The summed E-state index contributed by atoms with van der Waals surface area (Å²) in [4.78, 5) is 61.5.